The molecular formula is C19H23ClFNO. The smallest absolute Gasteiger partial charge is 0.141 e. The zero-order chi connectivity index (χ0) is 16.5. The number of ether oxygens (including phenoxy) is 1. The molecule has 124 valence electrons. The predicted octanol–water partition coefficient (Wildman–Crippen LogP) is 6.05. The molecule has 0 saturated heterocycles. The highest BCUT2D eigenvalue weighted by atomic mass is 35.5. The summed E-state index contributed by atoms with van der Waals surface area (Å²) in [6.07, 6.45) is 4.74. The first kappa shape index (κ1) is 17.6. The number of unbranched alkanes of at least 4 members (excludes halogenated alkanes) is 3. The van der Waals surface area contributed by atoms with Gasteiger partial charge >= 0.3 is 0 Å². The van der Waals surface area contributed by atoms with Crippen molar-refractivity contribution < 1.29 is 9.13 Å². The van der Waals surface area contributed by atoms with E-state index in [0.717, 1.165) is 30.0 Å². The first-order chi connectivity index (χ1) is 11.2. The molecule has 0 aliphatic carbocycles. The summed E-state index contributed by atoms with van der Waals surface area (Å²) >= 11 is 5.80. The maximum atomic E-state index is 13.2. The normalized spacial score (nSPS) is 10.6. The first-order valence-electron chi connectivity index (χ1n) is 8.10. The molecule has 0 fully saturated rings. The number of rotatable bonds is 9. The molecule has 0 aliphatic rings. The van der Waals surface area contributed by atoms with Crippen molar-refractivity contribution in [2.75, 3.05) is 11.9 Å². The summed E-state index contributed by atoms with van der Waals surface area (Å²) in [6.45, 7) is 3.54. The molecule has 0 atom stereocenters. The Kier molecular flexibility index (Phi) is 7.21. The lowest BCUT2D eigenvalue weighted by Gasteiger charge is -2.13. The Balaban J connectivity index is 1.90. The van der Waals surface area contributed by atoms with E-state index < -0.39 is 5.82 Å². The molecule has 0 aliphatic heterocycles. The van der Waals surface area contributed by atoms with Gasteiger partial charge in [0.25, 0.3) is 0 Å². The van der Waals surface area contributed by atoms with Crippen LogP contribution in [0.4, 0.5) is 10.1 Å². The van der Waals surface area contributed by atoms with Crippen LogP contribution in [-0.2, 0) is 6.54 Å². The first-order valence-corrected chi connectivity index (χ1v) is 8.48. The molecule has 0 radical (unpaired) electrons. The molecule has 4 heteroatoms. The van der Waals surface area contributed by atoms with E-state index in [-0.39, 0.29) is 5.02 Å². The number of anilines is 1. The van der Waals surface area contributed by atoms with Gasteiger partial charge in [-0.1, -0.05) is 56.0 Å². The van der Waals surface area contributed by atoms with Crippen molar-refractivity contribution in [3.8, 4) is 5.75 Å². The van der Waals surface area contributed by atoms with E-state index in [0.29, 0.717) is 6.54 Å². The summed E-state index contributed by atoms with van der Waals surface area (Å²) in [5.74, 6) is 0.484. The van der Waals surface area contributed by atoms with Crippen LogP contribution in [0.25, 0.3) is 0 Å². The topological polar surface area (TPSA) is 21.3 Å². The summed E-state index contributed by atoms with van der Waals surface area (Å²) in [6, 6.07) is 12.6. The third kappa shape index (κ3) is 5.76. The van der Waals surface area contributed by atoms with Gasteiger partial charge in [0, 0.05) is 17.8 Å². The van der Waals surface area contributed by atoms with Gasteiger partial charge in [-0.05, 0) is 30.7 Å². The van der Waals surface area contributed by atoms with Gasteiger partial charge in [0.2, 0.25) is 0 Å². The fourth-order valence-electron chi connectivity index (χ4n) is 2.31. The van der Waals surface area contributed by atoms with Gasteiger partial charge in [-0.2, -0.15) is 0 Å². The van der Waals surface area contributed by atoms with E-state index in [1.807, 2.05) is 24.3 Å². The molecule has 0 aromatic heterocycles. The van der Waals surface area contributed by atoms with Crippen molar-refractivity contribution in [2.45, 2.75) is 39.2 Å². The van der Waals surface area contributed by atoms with Gasteiger partial charge < -0.3 is 10.1 Å². The Morgan fingerprint density at radius 1 is 1.09 bits per heavy atom. The number of nitrogens with one attached hydrogen (secondary N) is 1. The Hall–Kier alpha value is -1.74. The molecule has 2 aromatic rings. The summed E-state index contributed by atoms with van der Waals surface area (Å²) in [7, 11) is 0. The highest BCUT2D eigenvalue weighted by Gasteiger charge is 2.05. The van der Waals surface area contributed by atoms with Gasteiger partial charge in [-0.3, -0.25) is 0 Å². The maximum Gasteiger partial charge on any atom is 0.141 e. The predicted molar refractivity (Wildman–Crippen MR) is 94.8 cm³/mol. The third-order valence-electron chi connectivity index (χ3n) is 3.63. The Bertz CT molecular complexity index is 618. The van der Waals surface area contributed by atoms with Crippen molar-refractivity contribution in [1.82, 2.24) is 0 Å². The number of benzene rings is 2. The van der Waals surface area contributed by atoms with Crippen molar-refractivity contribution in [1.29, 1.82) is 0 Å². The Labute approximate surface area is 142 Å². The number of hydrogen-bond acceptors (Lipinski definition) is 2. The minimum atomic E-state index is -0.409. The molecule has 2 aromatic carbocycles. The lowest BCUT2D eigenvalue weighted by molar-refractivity contribution is 0.302. The molecular weight excluding hydrogens is 313 g/mol. The second-order valence-corrected chi connectivity index (χ2v) is 5.91. The lowest BCUT2D eigenvalue weighted by atomic mass is 10.2. The molecule has 0 spiro atoms. The van der Waals surface area contributed by atoms with Crippen LogP contribution in [0.2, 0.25) is 5.02 Å². The van der Waals surface area contributed by atoms with Crippen molar-refractivity contribution in [2.24, 2.45) is 0 Å². The molecule has 2 nitrogen and oxygen atoms in total. The highest BCUT2D eigenvalue weighted by Crippen LogP contribution is 2.23. The summed E-state index contributed by atoms with van der Waals surface area (Å²) in [5, 5.41) is 3.37. The average Bonchev–Trinajstić information content (AvgIpc) is 2.57. The van der Waals surface area contributed by atoms with E-state index in [9.17, 15) is 4.39 Å². The van der Waals surface area contributed by atoms with E-state index in [1.54, 1.807) is 12.1 Å². The monoisotopic (exact) mass is 335 g/mol. The lowest BCUT2D eigenvalue weighted by Crippen LogP contribution is -2.04. The third-order valence-corrected chi connectivity index (χ3v) is 3.92. The fraction of sp³-hybridized carbons (Fsp3) is 0.368. The van der Waals surface area contributed by atoms with Crippen LogP contribution in [0.5, 0.6) is 5.75 Å². The maximum absolute atomic E-state index is 13.2. The summed E-state index contributed by atoms with van der Waals surface area (Å²) < 4.78 is 19.1. The second-order valence-electron chi connectivity index (χ2n) is 5.50. The molecule has 23 heavy (non-hydrogen) atoms. The molecule has 0 unspecified atom stereocenters. The minimum Gasteiger partial charge on any atom is -0.493 e. The van der Waals surface area contributed by atoms with Crippen LogP contribution in [-0.4, -0.2) is 6.61 Å². The Morgan fingerprint density at radius 2 is 1.91 bits per heavy atom. The molecule has 0 saturated carbocycles. The fourth-order valence-corrected chi connectivity index (χ4v) is 2.49. The largest absolute Gasteiger partial charge is 0.493 e. The van der Waals surface area contributed by atoms with Gasteiger partial charge in [0.15, 0.2) is 0 Å². The van der Waals surface area contributed by atoms with E-state index in [2.05, 4.69) is 12.2 Å². The standard InChI is InChI=1S/C19H23ClFNO/c1-2-3-4-7-12-23-19-9-6-5-8-15(19)14-22-16-10-11-18(21)17(20)13-16/h5-6,8-11,13,22H,2-4,7,12,14H2,1H3. The van der Waals surface area contributed by atoms with Crippen LogP contribution in [0.15, 0.2) is 42.5 Å². The molecule has 0 bridgehead atoms. The second kappa shape index (κ2) is 9.41. The van der Waals surface area contributed by atoms with E-state index in [4.69, 9.17) is 16.3 Å². The zero-order valence-corrected chi connectivity index (χ0v) is 14.2. The van der Waals surface area contributed by atoms with Gasteiger partial charge in [-0.15, -0.1) is 0 Å². The number of para-hydroxylation sites is 1. The molecule has 0 heterocycles. The quantitative estimate of drug-likeness (QED) is 0.563. The van der Waals surface area contributed by atoms with Gasteiger partial charge in [0.05, 0.1) is 11.6 Å². The number of halogens is 2. The Morgan fingerprint density at radius 3 is 2.70 bits per heavy atom. The van der Waals surface area contributed by atoms with Crippen LogP contribution in [0.3, 0.4) is 0 Å². The van der Waals surface area contributed by atoms with Gasteiger partial charge in [-0.25, -0.2) is 4.39 Å². The van der Waals surface area contributed by atoms with Crippen molar-refractivity contribution >= 4 is 17.3 Å². The van der Waals surface area contributed by atoms with Crippen LogP contribution in [0, 0.1) is 5.82 Å². The van der Waals surface area contributed by atoms with Crippen LogP contribution < -0.4 is 10.1 Å². The van der Waals surface area contributed by atoms with Crippen LogP contribution in [0.1, 0.15) is 38.2 Å². The van der Waals surface area contributed by atoms with E-state index >= 15 is 0 Å². The summed E-state index contributed by atoms with van der Waals surface area (Å²) in [4.78, 5) is 0. The van der Waals surface area contributed by atoms with Gasteiger partial charge in [0.1, 0.15) is 11.6 Å². The van der Waals surface area contributed by atoms with Crippen molar-refractivity contribution in [3.05, 3.63) is 58.9 Å². The van der Waals surface area contributed by atoms with Crippen molar-refractivity contribution in [3.63, 3.8) is 0 Å². The molecule has 1 N–H and O–H groups in total. The highest BCUT2D eigenvalue weighted by molar-refractivity contribution is 6.31. The zero-order valence-electron chi connectivity index (χ0n) is 13.4. The van der Waals surface area contributed by atoms with Crippen LogP contribution >= 0.6 is 11.6 Å². The van der Waals surface area contributed by atoms with E-state index in [1.165, 1.54) is 25.3 Å². The number of hydrogen-bond donors (Lipinski definition) is 1. The molecule has 0 amide bonds. The minimum absolute atomic E-state index is 0.121. The average molecular weight is 336 g/mol. The summed E-state index contributed by atoms with van der Waals surface area (Å²) in [5.41, 5.74) is 1.86. The SMILES string of the molecule is CCCCCCOc1ccccc1CNc1ccc(F)c(Cl)c1. The molecule has 2 rings (SSSR count).